The number of amides is 2. The van der Waals surface area contributed by atoms with Crippen LogP contribution in [0.25, 0.3) is 0 Å². The molecule has 3 unspecified atom stereocenters. The van der Waals surface area contributed by atoms with Crippen LogP contribution in [0.5, 0.6) is 0 Å². The third-order valence-corrected chi connectivity index (χ3v) is 4.17. The van der Waals surface area contributed by atoms with Gasteiger partial charge in [0.1, 0.15) is 12.1 Å². The highest BCUT2D eigenvalue weighted by atomic mass is 32.2. The summed E-state index contributed by atoms with van der Waals surface area (Å²) in [7, 11) is 0. The van der Waals surface area contributed by atoms with Crippen LogP contribution in [0, 0.1) is 0 Å². The molecule has 104 valence electrons. The number of rotatable bonds is 6. The Labute approximate surface area is 114 Å². The number of nitrogens with one attached hydrogen (secondary N) is 1. The molecule has 0 bridgehead atoms. The van der Waals surface area contributed by atoms with E-state index in [1.54, 1.807) is 16.7 Å². The first-order valence-corrected chi connectivity index (χ1v) is 8.07. The van der Waals surface area contributed by atoms with Gasteiger partial charge in [0.25, 0.3) is 0 Å². The summed E-state index contributed by atoms with van der Waals surface area (Å²) in [4.78, 5) is 26.3. The maximum Gasteiger partial charge on any atom is 0.246 e. The highest BCUT2D eigenvalue weighted by Gasteiger charge is 2.40. The molecule has 1 aliphatic heterocycles. The van der Waals surface area contributed by atoms with E-state index < -0.39 is 0 Å². The monoisotopic (exact) mass is 272 g/mol. The summed E-state index contributed by atoms with van der Waals surface area (Å²) in [5.74, 6) is 0.960. The molecular weight excluding hydrogens is 248 g/mol. The van der Waals surface area contributed by atoms with Crippen LogP contribution >= 0.6 is 11.8 Å². The highest BCUT2D eigenvalue weighted by molar-refractivity contribution is 7.98. The van der Waals surface area contributed by atoms with Gasteiger partial charge in [0.15, 0.2) is 0 Å². The zero-order valence-electron chi connectivity index (χ0n) is 11.7. The van der Waals surface area contributed by atoms with Crippen LogP contribution in [0.2, 0.25) is 0 Å². The predicted octanol–water partition coefficient (Wildman–Crippen LogP) is 1.64. The van der Waals surface area contributed by atoms with Crippen LogP contribution in [-0.2, 0) is 9.59 Å². The number of piperazine rings is 1. The fourth-order valence-corrected chi connectivity index (χ4v) is 3.14. The molecule has 0 spiro atoms. The maximum atomic E-state index is 12.4. The van der Waals surface area contributed by atoms with E-state index in [1.807, 2.05) is 27.0 Å². The van der Waals surface area contributed by atoms with Crippen molar-refractivity contribution in [2.45, 2.75) is 58.2 Å². The fraction of sp³-hybridized carbons (Fsp3) is 0.846. The largest absolute Gasteiger partial charge is 0.343 e. The van der Waals surface area contributed by atoms with Crippen molar-refractivity contribution in [2.75, 3.05) is 12.0 Å². The second kappa shape index (κ2) is 7.02. The van der Waals surface area contributed by atoms with Crippen LogP contribution in [0.3, 0.4) is 0 Å². The lowest BCUT2D eigenvalue weighted by Crippen LogP contribution is -2.65. The highest BCUT2D eigenvalue weighted by Crippen LogP contribution is 2.20. The van der Waals surface area contributed by atoms with Crippen molar-refractivity contribution in [1.82, 2.24) is 10.2 Å². The number of nitrogens with zero attached hydrogens (tertiary/aromatic N) is 1. The lowest BCUT2D eigenvalue weighted by atomic mass is 10.0. The van der Waals surface area contributed by atoms with Crippen molar-refractivity contribution >= 4 is 23.6 Å². The summed E-state index contributed by atoms with van der Waals surface area (Å²) in [5, 5.41) is 2.86. The molecule has 4 nitrogen and oxygen atoms in total. The second-order valence-corrected chi connectivity index (χ2v) is 5.73. The second-order valence-electron chi connectivity index (χ2n) is 4.82. The van der Waals surface area contributed by atoms with Gasteiger partial charge in [-0.25, -0.2) is 0 Å². The quantitative estimate of drug-likeness (QED) is 0.800. The van der Waals surface area contributed by atoms with Crippen molar-refractivity contribution in [3.63, 3.8) is 0 Å². The zero-order valence-corrected chi connectivity index (χ0v) is 12.5. The Kier molecular flexibility index (Phi) is 5.99. The van der Waals surface area contributed by atoms with E-state index in [-0.39, 0.29) is 29.9 Å². The minimum atomic E-state index is -0.324. The molecule has 1 rings (SSSR count). The number of carbonyl (C=O) groups excluding carboxylic acids is 2. The number of hydrogen-bond acceptors (Lipinski definition) is 3. The van der Waals surface area contributed by atoms with E-state index in [9.17, 15) is 9.59 Å². The van der Waals surface area contributed by atoms with Gasteiger partial charge in [0.05, 0.1) is 0 Å². The standard InChI is InChI=1S/C13H24N2O2S/c1-5-7-10-13(17)15(9(3)8-18-4)11(6-2)12(16)14-10/h9-11H,5-8H2,1-4H3,(H,14,16). The molecule has 1 saturated heterocycles. The van der Waals surface area contributed by atoms with Crippen LogP contribution in [0.4, 0.5) is 0 Å². The molecule has 3 atom stereocenters. The number of carbonyl (C=O) groups is 2. The van der Waals surface area contributed by atoms with E-state index in [2.05, 4.69) is 5.32 Å². The molecule has 1 aliphatic rings. The van der Waals surface area contributed by atoms with Crippen molar-refractivity contribution < 1.29 is 9.59 Å². The summed E-state index contributed by atoms with van der Waals surface area (Å²) in [6, 6.07) is -0.509. The van der Waals surface area contributed by atoms with E-state index in [0.29, 0.717) is 6.42 Å². The van der Waals surface area contributed by atoms with Gasteiger partial charge in [-0.2, -0.15) is 11.8 Å². The zero-order chi connectivity index (χ0) is 13.7. The fourth-order valence-electron chi connectivity index (χ4n) is 2.50. The first-order chi connectivity index (χ1) is 8.56. The molecule has 0 aliphatic carbocycles. The van der Waals surface area contributed by atoms with Crippen LogP contribution < -0.4 is 5.32 Å². The van der Waals surface area contributed by atoms with E-state index in [0.717, 1.165) is 18.6 Å². The maximum absolute atomic E-state index is 12.4. The predicted molar refractivity (Wildman–Crippen MR) is 75.6 cm³/mol. The SMILES string of the molecule is CCCC1NC(=O)C(CC)N(C(C)CSC)C1=O. The summed E-state index contributed by atoms with van der Waals surface area (Å²) in [6.45, 7) is 6.01. The van der Waals surface area contributed by atoms with Gasteiger partial charge in [-0.1, -0.05) is 20.3 Å². The first kappa shape index (κ1) is 15.3. The molecule has 5 heteroatoms. The summed E-state index contributed by atoms with van der Waals surface area (Å²) in [5.41, 5.74) is 0. The van der Waals surface area contributed by atoms with Gasteiger partial charge >= 0.3 is 0 Å². The molecule has 2 amide bonds. The number of hydrogen-bond donors (Lipinski definition) is 1. The Morgan fingerprint density at radius 2 is 2.06 bits per heavy atom. The van der Waals surface area contributed by atoms with Crippen LogP contribution in [0.1, 0.15) is 40.0 Å². The van der Waals surface area contributed by atoms with Gasteiger partial charge in [0.2, 0.25) is 11.8 Å². The molecular formula is C13H24N2O2S. The van der Waals surface area contributed by atoms with Crippen molar-refractivity contribution in [2.24, 2.45) is 0 Å². The summed E-state index contributed by atoms with van der Waals surface area (Å²) < 4.78 is 0. The summed E-state index contributed by atoms with van der Waals surface area (Å²) >= 11 is 1.71. The topological polar surface area (TPSA) is 49.4 Å². The van der Waals surface area contributed by atoms with Gasteiger partial charge in [-0.15, -0.1) is 0 Å². The molecule has 0 aromatic heterocycles. The molecule has 1 fully saturated rings. The molecule has 1 N–H and O–H groups in total. The normalized spacial score (nSPS) is 26.1. The van der Waals surface area contributed by atoms with E-state index >= 15 is 0 Å². The van der Waals surface area contributed by atoms with Crippen LogP contribution in [0.15, 0.2) is 0 Å². The smallest absolute Gasteiger partial charge is 0.246 e. The van der Waals surface area contributed by atoms with E-state index in [4.69, 9.17) is 0 Å². The third-order valence-electron chi connectivity index (χ3n) is 3.35. The summed E-state index contributed by atoms with van der Waals surface area (Å²) in [6.07, 6.45) is 4.33. The van der Waals surface area contributed by atoms with Gasteiger partial charge in [-0.3, -0.25) is 9.59 Å². The Bertz CT molecular complexity index is 309. The molecule has 0 saturated carbocycles. The van der Waals surface area contributed by atoms with Gasteiger partial charge in [0, 0.05) is 11.8 Å². The Morgan fingerprint density at radius 3 is 2.56 bits per heavy atom. The lowest BCUT2D eigenvalue weighted by Gasteiger charge is -2.42. The van der Waals surface area contributed by atoms with Gasteiger partial charge in [-0.05, 0) is 26.0 Å². The van der Waals surface area contributed by atoms with Crippen LogP contribution in [-0.4, -0.2) is 46.8 Å². The Hall–Kier alpha value is -0.710. The third kappa shape index (κ3) is 3.19. The molecule has 18 heavy (non-hydrogen) atoms. The van der Waals surface area contributed by atoms with Gasteiger partial charge < -0.3 is 10.2 Å². The average molecular weight is 272 g/mol. The molecule has 0 aromatic carbocycles. The van der Waals surface area contributed by atoms with Crippen molar-refractivity contribution in [3.05, 3.63) is 0 Å². The molecule has 0 radical (unpaired) electrons. The number of thioether (sulfide) groups is 1. The molecule has 1 heterocycles. The minimum Gasteiger partial charge on any atom is -0.343 e. The molecule has 0 aromatic rings. The van der Waals surface area contributed by atoms with Crippen molar-refractivity contribution in [1.29, 1.82) is 0 Å². The first-order valence-electron chi connectivity index (χ1n) is 6.68. The van der Waals surface area contributed by atoms with E-state index in [1.165, 1.54) is 0 Å². The average Bonchev–Trinajstić information content (AvgIpc) is 2.33. The lowest BCUT2D eigenvalue weighted by molar-refractivity contribution is -0.151. The Morgan fingerprint density at radius 1 is 1.39 bits per heavy atom. The Balaban J connectivity index is 2.90. The van der Waals surface area contributed by atoms with Crippen molar-refractivity contribution in [3.8, 4) is 0 Å². The minimum absolute atomic E-state index is 0.00324.